The highest BCUT2D eigenvalue weighted by Gasteiger charge is 2.50. The zero-order chi connectivity index (χ0) is 14.1. The molecule has 0 saturated carbocycles. The zero-order valence-corrected chi connectivity index (χ0v) is 13.1. The van der Waals surface area contributed by atoms with Crippen LogP contribution in [0.15, 0.2) is 38.5 Å². The summed E-state index contributed by atoms with van der Waals surface area (Å²) >= 11 is 6.39. The van der Waals surface area contributed by atoms with E-state index in [9.17, 15) is 0 Å². The highest BCUT2D eigenvalue weighted by molar-refractivity contribution is 6.30. The van der Waals surface area contributed by atoms with Crippen LogP contribution in [0.2, 0.25) is 0 Å². The molecule has 0 fully saturated rings. The van der Waals surface area contributed by atoms with Gasteiger partial charge in [-0.25, -0.2) is 0 Å². The van der Waals surface area contributed by atoms with Crippen molar-refractivity contribution in [3.63, 3.8) is 0 Å². The molecular weight excluding hydrogens is 268 g/mol. The maximum absolute atomic E-state index is 6.39. The van der Waals surface area contributed by atoms with Crippen LogP contribution >= 0.6 is 11.6 Å². The van der Waals surface area contributed by atoms with Crippen LogP contribution in [0.1, 0.15) is 40.0 Å². The molecule has 2 nitrogen and oxygen atoms in total. The lowest BCUT2D eigenvalue weighted by molar-refractivity contribution is 0.271. The zero-order valence-electron chi connectivity index (χ0n) is 12.4. The number of allylic oxidation sites excluding steroid dienone is 4. The van der Waals surface area contributed by atoms with Crippen molar-refractivity contribution in [2.45, 2.75) is 46.1 Å². The Bertz CT molecular complexity index is 623. The summed E-state index contributed by atoms with van der Waals surface area (Å²) in [6.07, 6.45) is 5.65. The van der Waals surface area contributed by atoms with E-state index in [1.807, 2.05) is 0 Å². The van der Waals surface area contributed by atoms with Gasteiger partial charge in [-0.15, -0.1) is 0 Å². The predicted molar refractivity (Wildman–Crippen MR) is 84.0 cm³/mol. The van der Waals surface area contributed by atoms with Crippen molar-refractivity contribution >= 4 is 17.3 Å². The summed E-state index contributed by atoms with van der Waals surface area (Å²) in [5.41, 5.74) is 7.33. The number of fused-ring (bicyclic) bond motifs is 1. The molecule has 20 heavy (non-hydrogen) atoms. The maximum Gasteiger partial charge on any atom is 0.0746 e. The minimum atomic E-state index is 0.0782. The summed E-state index contributed by atoms with van der Waals surface area (Å²) in [7, 11) is 0. The molecule has 0 aromatic rings. The van der Waals surface area contributed by atoms with E-state index >= 15 is 0 Å². The van der Waals surface area contributed by atoms with Crippen molar-refractivity contribution in [3.8, 4) is 0 Å². The van der Waals surface area contributed by atoms with E-state index in [1.54, 1.807) is 5.57 Å². The van der Waals surface area contributed by atoms with Crippen molar-refractivity contribution in [1.82, 2.24) is 5.32 Å². The van der Waals surface area contributed by atoms with Crippen molar-refractivity contribution in [2.24, 2.45) is 16.3 Å². The standard InChI is InChI=1S/C17H21ClN2/c1-9-16-7-13-12-6-11(18)8-19-10(2)17(9,3)14(12)4-5-15(13)20-16/h6,9,16,20H,4-5,7-8H2,1-3H3/b11-6+,19-10-. The first-order valence-electron chi connectivity index (χ1n) is 7.62. The molecule has 4 rings (SSSR count). The molecule has 2 aliphatic heterocycles. The highest BCUT2D eigenvalue weighted by atomic mass is 35.5. The van der Waals surface area contributed by atoms with Crippen LogP contribution in [0.3, 0.4) is 0 Å². The number of hydrogen-bond acceptors (Lipinski definition) is 2. The highest BCUT2D eigenvalue weighted by Crippen LogP contribution is 2.54. The molecule has 0 radical (unpaired) electrons. The van der Waals surface area contributed by atoms with Crippen LogP contribution in [0, 0.1) is 11.3 Å². The monoisotopic (exact) mass is 288 g/mol. The van der Waals surface area contributed by atoms with E-state index in [0.29, 0.717) is 18.5 Å². The van der Waals surface area contributed by atoms with Crippen LogP contribution in [0.4, 0.5) is 0 Å². The van der Waals surface area contributed by atoms with Gasteiger partial charge < -0.3 is 5.32 Å². The molecule has 0 saturated heterocycles. The normalized spacial score (nSPS) is 44.2. The second kappa shape index (κ2) is 4.00. The third kappa shape index (κ3) is 1.43. The fourth-order valence-corrected chi connectivity index (χ4v) is 4.74. The molecule has 3 unspecified atom stereocenters. The van der Waals surface area contributed by atoms with Crippen LogP contribution in [-0.4, -0.2) is 18.3 Å². The van der Waals surface area contributed by atoms with Gasteiger partial charge in [0, 0.05) is 27.9 Å². The van der Waals surface area contributed by atoms with Gasteiger partial charge in [-0.3, -0.25) is 4.99 Å². The first-order chi connectivity index (χ1) is 9.51. The number of rotatable bonds is 0. The Morgan fingerprint density at radius 3 is 3.00 bits per heavy atom. The fraction of sp³-hybridized carbons (Fsp3) is 0.588. The molecule has 5 bridgehead atoms. The Labute approximate surface area is 125 Å². The molecule has 2 aliphatic carbocycles. The van der Waals surface area contributed by atoms with E-state index in [2.05, 4.69) is 32.2 Å². The van der Waals surface area contributed by atoms with Gasteiger partial charge in [0.2, 0.25) is 0 Å². The Balaban J connectivity index is 2.06. The smallest absolute Gasteiger partial charge is 0.0746 e. The van der Waals surface area contributed by atoms with E-state index < -0.39 is 0 Å². The molecule has 106 valence electrons. The van der Waals surface area contributed by atoms with Gasteiger partial charge in [-0.05, 0) is 49.3 Å². The summed E-state index contributed by atoms with van der Waals surface area (Å²) in [4.78, 5) is 4.79. The molecule has 0 aromatic heterocycles. The average Bonchev–Trinajstić information content (AvgIpc) is 2.84. The number of nitrogens with one attached hydrogen (secondary N) is 1. The van der Waals surface area contributed by atoms with Gasteiger partial charge in [-0.2, -0.15) is 0 Å². The number of aliphatic imine (C=N–C) groups is 1. The third-order valence-corrected chi connectivity index (χ3v) is 6.31. The van der Waals surface area contributed by atoms with Gasteiger partial charge in [0.25, 0.3) is 0 Å². The van der Waals surface area contributed by atoms with E-state index in [0.717, 1.165) is 24.3 Å². The van der Waals surface area contributed by atoms with Gasteiger partial charge in [0.05, 0.1) is 6.54 Å². The second-order valence-corrected chi connectivity index (χ2v) is 7.27. The molecule has 0 amide bonds. The summed E-state index contributed by atoms with van der Waals surface area (Å²) in [5.74, 6) is 0.567. The van der Waals surface area contributed by atoms with Crippen molar-refractivity contribution < 1.29 is 0 Å². The minimum absolute atomic E-state index is 0.0782. The largest absolute Gasteiger partial charge is 0.385 e. The first kappa shape index (κ1) is 12.7. The lowest BCUT2D eigenvalue weighted by atomic mass is 9.63. The molecule has 3 atom stereocenters. The van der Waals surface area contributed by atoms with Crippen molar-refractivity contribution in [3.05, 3.63) is 33.5 Å². The summed E-state index contributed by atoms with van der Waals surface area (Å²) < 4.78 is 0. The van der Waals surface area contributed by atoms with E-state index in [1.165, 1.54) is 22.6 Å². The summed E-state index contributed by atoms with van der Waals surface area (Å²) in [5, 5.41) is 4.65. The van der Waals surface area contributed by atoms with Crippen LogP contribution in [0.25, 0.3) is 0 Å². The van der Waals surface area contributed by atoms with Crippen molar-refractivity contribution in [1.29, 1.82) is 0 Å². The van der Waals surface area contributed by atoms with Crippen molar-refractivity contribution in [2.75, 3.05) is 6.54 Å². The Hall–Kier alpha value is -1.02. The topological polar surface area (TPSA) is 24.4 Å². The van der Waals surface area contributed by atoms with Gasteiger partial charge in [0.15, 0.2) is 0 Å². The molecule has 4 aliphatic rings. The average molecular weight is 289 g/mol. The predicted octanol–water partition coefficient (Wildman–Crippen LogP) is 3.95. The Morgan fingerprint density at radius 2 is 2.20 bits per heavy atom. The molecule has 2 heterocycles. The molecule has 3 heteroatoms. The molecule has 1 N–H and O–H groups in total. The van der Waals surface area contributed by atoms with Gasteiger partial charge in [-0.1, -0.05) is 31.0 Å². The number of hydrogen-bond donors (Lipinski definition) is 1. The lowest BCUT2D eigenvalue weighted by Gasteiger charge is -2.44. The van der Waals surface area contributed by atoms with E-state index in [-0.39, 0.29) is 5.41 Å². The van der Waals surface area contributed by atoms with Gasteiger partial charge in [0.1, 0.15) is 0 Å². The SMILES string of the molecule is C/C1=N/C/C(Cl)=C\C2=C3CCC4=C2CC(N4)C(C)C31C. The lowest BCUT2D eigenvalue weighted by Crippen LogP contribution is -2.46. The molecular formula is C17H21ClN2. The number of halogens is 1. The van der Waals surface area contributed by atoms with E-state index in [4.69, 9.17) is 16.6 Å². The number of nitrogens with zero attached hydrogens (tertiary/aromatic N) is 1. The molecule has 0 spiro atoms. The fourth-order valence-electron chi connectivity index (χ4n) is 4.57. The Kier molecular flexibility index (Phi) is 2.54. The van der Waals surface area contributed by atoms with Crippen LogP contribution in [0.5, 0.6) is 0 Å². The van der Waals surface area contributed by atoms with Gasteiger partial charge >= 0.3 is 0 Å². The van der Waals surface area contributed by atoms with Crippen LogP contribution in [-0.2, 0) is 0 Å². The Morgan fingerprint density at radius 1 is 1.40 bits per heavy atom. The summed E-state index contributed by atoms with van der Waals surface area (Å²) in [6, 6.07) is 0.549. The maximum atomic E-state index is 6.39. The second-order valence-electron chi connectivity index (χ2n) is 6.79. The molecule has 0 aromatic carbocycles. The minimum Gasteiger partial charge on any atom is -0.385 e. The summed E-state index contributed by atoms with van der Waals surface area (Å²) in [6.45, 7) is 7.61. The third-order valence-electron chi connectivity index (χ3n) is 6.08. The first-order valence-corrected chi connectivity index (χ1v) is 7.99. The van der Waals surface area contributed by atoms with Crippen LogP contribution < -0.4 is 5.32 Å². The quantitative estimate of drug-likeness (QED) is 0.717.